The third-order valence-corrected chi connectivity index (χ3v) is 2.84. The number of hydrogen-bond donors (Lipinski definition) is 3. The zero-order chi connectivity index (χ0) is 15.0. The largest absolute Gasteiger partial charge is 0.480 e. The van der Waals surface area contributed by atoms with Crippen molar-refractivity contribution in [1.29, 1.82) is 0 Å². The first-order valence-corrected chi connectivity index (χ1v) is 6.44. The minimum absolute atomic E-state index is 0.0248. The summed E-state index contributed by atoms with van der Waals surface area (Å²) in [5.41, 5.74) is 5.27. The third-order valence-electron chi connectivity index (χ3n) is 2.84. The summed E-state index contributed by atoms with van der Waals surface area (Å²) in [6, 6.07) is -1.85. The Morgan fingerprint density at radius 1 is 1.32 bits per heavy atom. The Bertz CT molecular complexity index is 332. The van der Waals surface area contributed by atoms with Crippen molar-refractivity contribution in [2.24, 2.45) is 5.73 Å². The van der Waals surface area contributed by atoms with Crippen molar-refractivity contribution in [2.75, 3.05) is 6.54 Å². The van der Waals surface area contributed by atoms with E-state index in [-0.39, 0.29) is 18.7 Å². The molecule has 1 amide bonds. The number of carbonyl (C=O) groups is 3. The Labute approximate surface area is 112 Å². The number of carboxylic acid groups (broad SMARTS) is 2. The number of hydrogen-bond acceptors (Lipinski definition) is 4. The van der Waals surface area contributed by atoms with Crippen molar-refractivity contribution in [3.05, 3.63) is 0 Å². The Balaban J connectivity index is 0.00000154. The van der Waals surface area contributed by atoms with Crippen LogP contribution >= 0.6 is 0 Å². The molecule has 0 aromatic heterocycles. The third kappa shape index (κ3) is 5.25. The number of rotatable bonds is 5. The van der Waals surface area contributed by atoms with Gasteiger partial charge in [0.1, 0.15) is 12.1 Å². The molecule has 2 atom stereocenters. The van der Waals surface area contributed by atoms with E-state index in [0.717, 1.165) is 0 Å². The number of carboxylic acids is 2. The van der Waals surface area contributed by atoms with Crippen LogP contribution in [0.5, 0.6) is 0 Å². The van der Waals surface area contributed by atoms with E-state index < -0.39 is 24.0 Å². The first-order valence-electron chi connectivity index (χ1n) is 6.44. The molecule has 1 aliphatic rings. The molecular formula is C12H22N2O5. The molecule has 4 N–H and O–H groups in total. The summed E-state index contributed by atoms with van der Waals surface area (Å²) in [4.78, 5) is 34.3. The highest BCUT2D eigenvalue weighted by Crippen LogP contribution is 2.19. The molecule has 0 saturated carbocycles. The lowest BCUT2D eigenvalue weighted by atomic mass is 10.1. The summed E-state index contributed by atoms with van der Waals surface area (Å²) in [7, 11) is 0. The molecule has 1 rings (SSSR count). The Hall–Kier alpha value is -1.63. The van der Waals surface area contributed by atoms with Crippen LogP contribution in [0.3, 0.4) is 0 Å². The predicted octanol–water partition coefficient (Wildman–Crippen LogP) is 0.280. The van der Waals surface area contributed by atoms with Crippen LogP contribution in [0.1, 0.15) is 39.5 Å². The van der Waals surface area contributed by atoms with E-state index in [1.807, 2.05) is 13.8 Å². The van der Waals surface area contributed by atoms with Gasteiger partial charge in [0.2, 0.25) is 5.91 Å². The fourth-order valence-electron chi connectivity index (χ4n) is 1.87. The number of aliphatic carboxylic acids is 2. The van der Waals surface area contributed by atoms with E-state index in [2.05, 4.69) is 0 Å². The van der Waals surface area contributed by atoms with Crippen LogP contribution < -0.4 is 5.73 Å². The van der Waals surface area contributed by atoms with Crippen molar-refractivity contribution in [3.63, 3.8) is 0 Å². The highest BCUT2D eigenvalue weighted by atomic mass is 16.4. The lowest BCUT2D eigenvalue weighted by Crippen LogP contribution is -2.41. The van der Waals surface area contributed by atoms with Crippen LogP contribution in [0.25, 0.3) is 0 Å². The number of nitrogens with zero attached hydrogens (tertiary/aromatic N) is 1. The molecule has 7 heteroatoms. The maximum Gasteiger partial charge on any atom is 0.326 e. The fraction of sp³-hybridized carbons (Fsp3) is 0.750. The second kappa shape index (κ2) is 8.47. The minimum Gasteiger partial charge on any atom is -0.480 e. The highest BCUT2D eigenvalue weighted by molar-refractivity contribution is 5.84. The number of amides is 1. The molecule has 7 nitrogen and oxygen atoms in total. The molecule has 0 spiro atoms. The normalized spacial score (nSPS) is 19.3. The van der Waals surface area contributed by atoms with Crippen LogP contribution in [0, 0.1) is 0 Å². The quantitative estimate of drug-likeness (QED) is 0.662. The second-order valence-electron chi connectivity index (χ2n) is 4.07. The van der Waals surface area contributed by atoms with Gasteiger partial charge < -0.3 is 20.8 Å². The maximum absolute atomic E-state index is 11.7. The molecular weight excluding hydrogens is 252 g/mol. The number of carbonyl (C=O) groups excluding carboxylic acids is 1. The number of likely N-dealkylation sites (tertiary alicyclic amines) is 1. The average Bonchev–Trinajstić information content (AvgIpc) is 2.87. The minimum atomic E-state index is -1.16. The first-order chi connectivity index (χ1) is 8.93. The van der Waals surface area contributed by atoms with Crippen LogP contribution in [-0.4, -0.2) is 51.6 Å². The molecule has 2 unspecified atom stereocenters. The van der Waals surface area contributed by atoms with Gasteiger partial charge in [-0.15, -0.1) is 0 Å². The Morgan fingerprint density at radius 3 is 2.37 bits per heavy atom. The van der Waals surface area contributed by atoms with Gasteiger partial charge in [-0.1, -0.05) is 13.8 Å². The van der Waals surface area contributed by atoms with Gasteiger partial charge in [-0.05, 0) is 19.3 Å². The van der Waals surface area contributed by atoms with Gasteiger partial charge in [0, 0.05) is 13.0 Å². The molecule has 110 valence electrons. The van der Waals surface area contributed by atoms with Crippen molar-refractivity contribution in [1.82, 2.24) is 4.90 Å². The van der Waals surface area contributed by atoms with E-state index in [1.165, 1.54) is 4.90 Å². The summed E-state index contributed by atoms with van der Waals surface area (Å²) in [5, 5.41) is 17.4. The average molecular weight is 274 g/mol. The molecule has 19 heavy (non-hydrogen) atoms. The summed E-state index contributed by atoms with van der Waals surface area (Å²) >= 11 is 0. The monoisotopic (exact) mass is 274 g/mol. The van der Waals surface area contributed by atoms with Crippen molar-refractivity contribution in [2.45, 2.75) is 51.6 Å². The molecule has 0 bridgehead atoms. The molecule has 1 fully saturated rings. The molecule has 1 aliphatic heterocycles. The zero-order valence-corrected chi connectivity index (χ0v) is 11.3. The molecule has 0 radical (unpaired) electrons. The van der Waals surface area contributed by atoms with Crippen molar-refractivity contribution in [3.8, 4) is 0 Å². The van der Waals surface area contributed by atoms with Gasteiger partial charge in [0.15, 0.2) is 0 Å². The molecule has 0 aromatic carbocycles. The summed E-state index contributed by atoms with van der Waals surface area (Å²) in [6.07, 6.45) is 1.11. The van der Waals surface area contributed by atoms with Crippen LogP contribution in [0.4, 0.5) is 0 Å². The Morgan fingerprint density at radius 2 is 1.89 bits per heavy atom. The van der Waals surface area contributed by atoms with Gasteiger partial charge in [-0.25, -0.2) is 4.79 Å². The molecule has 1 saturated heterocycles. The van der Waals surface area contributed by atoms with Gasteiger partial charge >= 0.3 is 11.9 Å². The molecule has 0 aliphatic carbocycles. The molecule has 0 aromatic rings. The van der Waals surface area contributed by atoms with E-state index in [0.29, 0.717) is 19.4 Å². The van der Waals surface area contributed by atoms with E-state index in [1.54, 1.807) is 0 Å². The summed E-state index contributed by atoms with van der Waals surface area (Å²) in [6.45, 7) is 4.41. The SMILES string of the molecule is CC.NC(CCC(=O)N1CCCC1C(=O)O)C(=O)O. The lowest BCUT2D eigenvalue weighted by molar-refractivity contribution is -0.148. The first kappa shape index (κ1) is 17.4. The summed E-state index contributed by atoms with van der Waals surface area (Å²) in [5.74, 6) is -2.51. The number of nitrogens with two attached hydrogens (primary N) is 1. The topological polar surface area (TPSA) is 121 Å². The van der Waals surface area contributed by atoms with E-state index in [4.69, 9.17) is 15.9 Å². The lowest BCUT2D eigenvalue weighted by Gasteiger charge is -2.21. The van der Waals surface area contributed by atoms with Crippen LogP contribution in [0.2, 0.25) is 0 Å². The van der Waals surface area contributed by atoms with Crippen LogP contribution in [0.15, 0.2) is 0 Å². The zero-order valence-electron chi connectivity index (χ0n) is 11.3. The van der Waals surface area contributed by atoms with Gasteiger partial charge in [-0.2, -0.15) is 0 Å². The summed E-state index contributed by atoms with van der Waals surface area (Å²) < 4.78 is 0. The van der Waals surface area contributed by atoms with Crippen molar-refractivity contribution < 1.29 is 24.6 Å². The van der Waals surface area contributed by atoms with Gasteiger partial charge in [-0.3, -0.25) is 9.59 Å². The van der Waals surface area contributed by atoms with Gasteiger partial charge in [0.25, 0.3) is 0 Å². The second-order valence-corrected chi connectivity index (χ2v) is 4.07. The standard InChI is InChI=1S/C10H16N2O5.C2H6/c11-6(9(14)15)3-4-8(13)12-5-1-2-7(12)10(16)17;1-2/h6-7H,1-5,11H2,(H,14,15)(H,16,17);1-2H3. The Kier molecular flexibility index (Phi) is 7.74. The highest BCUT2D eigenvalue weighted by Gasteiger charge is 2.33. The van der Waals surface area contributed by atoms with Crippen molar-refractivity contribution >= 4 is 17.8 Å². The predicted molar refractivity (Wildman–Crippen MR) is 68.6 cm³/mol. The maximum atomic E-state index is 11.7. The van der Waals surface area contributed by atoms with Gasteiger partial charge in [0.05, 0.1) is 0 Å². The van der Waals surface area contributed by atoms with E-state index in [9.17, 15) is 14.4 Å². The fourth-order valence-corrected chi connectivity index (χ4v) is 1.87. The van der Waals surface area contributed by atoms with Crippen LogP contribution in [-0.2, 0) is 14.4 Å². The molecule has 1 heterocycles. The smallest absolute Gasteiger partial charge is 0.326 e. The van der Waals surface area contributed by atoms with E-state index >= 15 is 0 Å².